The second kappa shape index (κ2) is 9.60. The maximum absolute atomic E-state index is 6.57. The number of nitrogens with zero attached hydrogens (tertiary/aromatic N) is 1. The van der Waals surface area contributed by atoms with Gasteiger partial charge in [-0.25, -0.2) is 0 Å². The average Bonchev–Trinajstić information content (AvgIpc) is 2.77. The predicted octanol–water partition coefficient (Wildman–Crippen LogP) is 6.75. The topological polar surface area (TPSA) is 12.9 Å². The molecule has 0 saturated carbocycles. The summed E-state index contributed by atoms with van der Waals surface area (Å²) in [6.07, 6.45) is 1.84. The van der Waals surface area contributed by atoms with E-state index in [1.807, 2.05) is 32.2 Å². The van der Waals surface area contributed by atoms with Crippen LogP contribution in [-0.2, 0) is 0 Å². The molecule has 1 atom stereocenters. The Bertz CT molecular complexity index is 1160. The molecule has 0 aliphatic carbocycles. The third-order valence-corrected chi connectivity index (χ3v) is 6.97. The van der Waals surface area contributed by atoms with Crippen LogP contribution in [0.1, 0.15) is 28.2 Å². The predicted molar refractivity (Wildman–Crippen MR) is 138 cm³/mol. The molecule has 0 bridgehead atoms. The number of hydrogen-bond donors (Lipinski definition) is 0. The summed E-state index contributed by atoms with van der Waals surface area (Å²) in [5, 5.41) is 1.52. The van der Waals surface area contributed by atoms with Crippen LogP contribution < -0.4 is 10.9 Å². The minimum Gasteiger partial charge on any atom is -0.261 e. The van der Waals surface area contributed by atoms with Crippen molar-refractivity contribution in [1.29, 1.82) is 0 Å². The zero-order valence-corrected chi connectivity index (χ0v) is 20.4. The summed E-state index contributed by atoms with van der Waals surface area (Å²) in [6.45, 7) is 4.03. The van der Waals surface area contributed by atoms with Gasteiger partial charge < -0.3 is 0 Å². The van der Waals surface area contributed by atoms with E-state index in [-0.39, 0.29) is 12.5 Å². The van der Waals surface area contributed by atoms with Crippen molar-refractivity contribution in [2.24, 2.45) is 0 Å². The molecule has 0 saturated heterocycles. The molecule has 3 aromatic carbocycles. The van der Waals surface area contributed by atoms with Gasteiger partial charge in [-0.3, -0.25) is 4.98 Å². The summed E-state index contributed by atoms with van der Waals surface area (Å²) in [7, 11) is 0. The first-order valence-corrected chi connectivity index (χ1v) is 11.7. The Kier molecular flexibility index (Phi) is 6.86. The van der Waals surface area contributed by atoms with E-state index in [0.29, 0.717) is 0 Å². The number of pyridine rings is 1. The molecular formula is C26H21BBrCl2N. The highest BCUT2D eigenvalue weighted by Crippen LogP contribution is 2.29. The summed E-state index contributed by atoms with van der Waals surface area (Å²) in [6, 6.07) is 27.2. The smallest absolute Gasteiger partial charge is 0.223 e. The fraction of sp³-hybridized carbons (Fsp3) is 0.115. The molecule has 154 valence electrons. The number of aryl methyl sites for hydroxylation is 2. The van der Waals surface area contributed by atoms with Crippen molar-refractivity contribution in [1.82, 2.24) is 4.98 Å². The lowest BCUT2D eigenvalue weighted by Crippen LogP contribution is -2.48. The van der Waals surface area contributed by atoms with E-state index in [9.17, 15) is 0 Å². The SMILES string of the molecule is Cc1ccc(B(c2ccc(C)c(Cl)c2)C(c2ccccc2)c2cc(Br)ccn2)cc1Cl. The summed E-state index contributed by atoms with van der Waals surface area (Å²) in [4.78, 5) is 4.77. The molecule has 0 spiro atoms. The first-order chi connectivity index (χ1) is 14.9. The molecule has 0 aliphatic heterocycles. The average molecular weight is 509 g/mol. The Labute approximate surface area is 202 Å². The highest BCUT2D eigenvalue weighted by atomic mass is 79.9. The number of benzene rings is 3. The van der Waals surface area contributed by atoms with Gasteiger partial charge in [0.2, 0.25) is 6.71 Å². The largest absolute Gasteiger partial charge is 0.261 e. The lowest BCUT2D eigenvalue weighted by Gasteiger charge is -2.27. The van der Waals surface area contributed by atoms with E-state index < -0.39 is 0 Å². The zero-order chi connectivity index (χ0) is 22.0. The Balaban J connectivity index is 1.99. The van der Waals surface area contributed by atoms with Crippen LogP contribution in [0.25, 0.3) is 0 Å². The van der Waals surface area contributed by atoms with Crippen LogP contribution >= 0.6 is 39.1 Å². The van der Waals surface area contributed by atoms with Gasteiger partial charge in [0.1, 0.15) is 0 Å². The fourth-order valence-electron chi connectivity index (χ4n) is 3.97. The number of aromatic nitrogens is 1. The maximum atomic E-state index is 6.57. The molecule has 0 fully saturated rings. The minimum absolute atomic E-state index is 0.0135. The zero-order valence-electron chi connectivity index (χ0n) is 17.3. The third kappa shape index (κ3) is 4.90. The Morgan fingerprint density at radius 3 is 1.87 bits per heavy atom. The molecule has 1 unspecified atom stereocenters. The van der Waals surface area contributed by atoms with Gasteiger partial charge in [-0.05, 0) is 54.8 Å². The van der Waals surface area contributed by atoms with Crippen LogP contribution in [0.3, 0.4) is 0 Å². The summed E-state index contributed by atoms with van der Waals surface area (Å²) >= 11 is 16.8. The van der Waals surface area contributed by atoms with Crippen LogP contribution in [0.4, 0.5) is 0 Å². The molecule has 1 aromatic heterocycles. The van der Waals surface area contributed by atoms with Gasteiger partial charge >= 0.3 is 0 Å². The Morgan fingerprint density at radius 1 is 0.774 bits per heavy atom. The molecule has 4 rings (SSSR count). The van der Waals surface area contributed by atoms with Crippen molar-refractivity contribution in [3.8, 4) is 0 Å². The fourth-order valence-corrected chi connectivity index (χ4v) is 4.70. The molecule has 0 N–H and O–H groups in total. The first-order valence-electron chi connectivity index (χ1n) is 10.1. The maximum Gasteiger partial charge on any atom is 0.223 e. The normalized spacial score (nSPS) is 11.9. The van der Waals surface area contributed by atoms with Gasteiger partial charge in [0.15, 0.2) is 0 Å². The summed E-state index contributed by atoms with van der Waals surface area (Å²) < 4.78 is 1.00. The van der Waals surface area contributed by atoms with Crippen molar-refractivity contribution in [3.63, 3.8) is 0 Å². The molecule has 5 heteroatoms. The summed E-state index contributed by atoms with van der Waals surface area (Å²) in [5.41, 5.74) is 6.55. The minimum atomic E-state index is -0.0174. The quantitative estimate of drug-likeness (QED) is 0.272. The van der Waals surface area contributed by atoms with Crippen LogP contribution in [0.5, 0.6) is 0 Å². The van der Waals surface area contributed by atoms with Crippen LogP contribution in [-0.4, -0.2) is 11.7 Å². The van der Waals surface area contributed by atoms with E-state index in [1.54, 1.807) is 0 Å². The van der Waals surface area contributed by atoms with Gasteiger partial charge in [0.25, 0.3) is 0 Å². The highest BCUT2D eigenvalue weighted by Gasteiger charge is 2.33. The second-order valence-electron chi connectivity index (χ2n) is 7.78. The van der Waals surface area contributed by atoms with Gasteiger partial charge in [-0.15, -0.1) is 0 Å². The first kappa shape index (κ1) is 22.1. The molecule has 0 amide bonds. The molecule has 1 heterocycles. The Hall–Kier alpha value is -2.07. The van der Waals surface area contributed by atoms with Crippen LogP contribution in [0.2, 0.25) is 10.0 Å². The molecule has 1 nitrogen and oxygen atoms in total. The third-order valence-electron chi connectivity index (χ3n) is 5.66. The molecular weight excluding hydrogens is 488 g/mol. The van der Waals surface area contributed by atoms with E-state index in [1.165, 1.54) is 5.56 Å². The monoisotopic (exact) mass is 507 g/mol. The van der Waals surface area contributed by atoms with Crippen molar-refractivity contribution >= 4 is 56.8 Å². The van der Waals surface area contributed by atoms with Crippen molar-refractivity contribution < 1.29 is 0 Å². The van der Waals surface area contributed by atoms with Crippen molar-refractivity contribution in [2.45, 2.75) is 19.7 Å². The molecule has 31 heavy (non-hydrogen) atoms. The van der Waals surface area contributed by atoms with Crippen molar-refractivity contribution in [2.75, 3.05) is 0 Å². The van der Waals surface area contributed by atoms with Crippen LogP contribution in [0.15, 0.2) is 89.5 Å². The number of hydrogen-bond acceptors (Lipinski definition) is 1. The lowest BCUT2D eigenvalue weighted by molar-refractivity contribution is 1.02. The molecule has 4 aromatic rings. The molecule has 0 radical (unpaired) electrons. The second-order valence-corrected chi connectivity index (χ2v) is 9.51. The van der Waals surface area contributed by atoms with Gasteiger partial charge in [-0.2, -0.15) is 0 Å². The van der Waals surface area contributed by atoms with Gasteiger partial charge in [0, 0.05) is 32.2 Å². The van der Waals surface area contributed by atoms with E-state index in [2.05, 4.69) is 82.7 Å². The lowest BCUT2D eigenvalue weighted by atomic mass is 9.32. The van der Waals surface area contributed by atoms with E-state index >= 15 is 0 Å². The van der Waals surface area contributed by atoms with Gasteiger partial charge in [-0.1, -0.05) is 105 Å². The number of rotatable bonds is 5. The number of halogens is 3. The Morgan fingerprint density at radius 2 is 1.35 bits per heavy atom. The standard InChI is InChI=1S/C26H21BBrCl2N/c1-17-8-10-20(14-23(17)29)27(21-11-9-18(2)24(30)15-21)26(19-6-4-3-5-7-19)25-16-22(28)12-13-31-25/h3-16,26H,1-2H3. The van der Waals surface area contributed by atoms with E-state index in [0.717, 1.165) is 42.3 Å². The van der Waals surface area contributed by atoms with Crippen molar-refractivity contribution in [3.05, 3.63) is 122 Å². The van der Waals surface area contributed by atoms with Gasteiger partial charge in [0.05, 0.1) is 0 Å². The molecule has 0 aliphatic rings. The van der Waals surface area contributed by atoms with Crippen LogP contribution in [0, 0.1) is 13.8 Å². The highest BCUT2D eigenvalue weighted by molar-refractivity contribution is 9.10. The van der Waals surface area contributed by atoms with E-state index in [4.69, 9.17) is 28.2 Å². The summed E-state index contributed by atoms with van der Waals surface area (Å²) in [5.74, 6) is -0.0174.